The molecule has 1 unspecified atom stereocenters. The lowest BCUT2D eigenvalue weighted by atomic mass is 10.1. The summed E-state index contributed by atoms with van der Waals surface area (Å²) < 4.78 is 19.2. The van der Waals surface area contributed by atoms with Gasteiger partial charge in [-0.3, -0.25) is 4.79 Å². The van der Waals surface area contributed by atoms with Gasteiger partial charge in [0.25, 0.3) is 5.91 Å². The minimum Gasteiger partial charge on any atom is -0.480 e. The Hall–Kier alpha value is -1.88. The van der Waals surface area contributed by atoms with Crippen molar-refractivity contribution in [3.8, 4) is 5.75 Å². The van der Waals surface area contributed by atoms with Gasteiger partial charge in [0, 0.05) is 5.69 Å². The maximum absolute atomic E-state index is 13.1. The number of hydrogen-bond acceptors (Lipinski definition) is 2. The summed E-state index contributed by atoms with van der Waals surface area (Å²) in [6, 6.07) is 10.1. The highest BCUT2D eigenvalue weighted by atomic mass is 79.9. The fourth-order valence-electron chi connectivity index (χ4n) is 2.71. The molecule has 23 heavy (non-hydrogen) atoms. The Labute approximate surface area is 143 Å². The second kappa shape index (κ2) is 6.71. The van der Waals surface area contributed by atoms with E-state index in [4.69, 9.17) is 4.74 Å². The first-order valence-electron chi connectivity index (χ1n) is 7.57. The van der Waals surface area contributed by atoms with Crippen LogP contribution in [0.4, 0.5) is 10.1 Å². The summed E-state index contributed by atoms with van der Waals surface area (Å²) in [4.78, 5) is 12.3. The van der Waals surface area contributed by atoms with E-state index in [1.807, 2.05) is 12.1 Å². The molecule has 1 amide bonds. The summed E-state index contributed by atoms with van der Waals surface area (Å²) in [5.74, 6) is -0.165. The molecule has 0 heterocycles. The Morgan fingerprint density at radius 3 is 2.78 bits per heavy atom. The number of hydrogen-bond donors (Lipinski definition) is 1. The lowest BCUT2D eigenvalue weighted by Crippen LogP contribution is -2.30. The van der Waals surface area contributed by atoms with Crippen LogP contribution in [-0.2, 0) is 17.6 Å². The highest BCUT2D eigenvalue weighted by Gasteiger charge is 2.18. The lowest BCUT2D eigenvalue weighted by molar-refractivity contribution is -0.122. The smallest absolute Gasteiger partial charge is 0.265 e. The summed E-state index contributed by atoms with van der Waals surface area (Å²) in [5, 5.41) is 2.87. The van der Waals surface area contributed by atoms with E-state index < -0.39 is 6.10 Å². The van der Waals surface area contributed by atoms with Gasteiger partial charge < -0.3 is 10.1 Å². The zero-order valence-electron chi connectivity index (χ0n) is 12.7. The molecule has 5 heteroatoms. The predicted molar refractivity (Wildman–Crippen MR) is 91.3 cm³/mol. The molecule has 3 rings (SSSR count). The minimum atomic E-state index is -0.690. The highest BCUT2D eigenvalue weighted by molar-refractivity contribution is 9.10. The fraction of sp³-hybridized carbons (Fsp3) is 0.278. The van der Waals surface area contributed by atoms with Crippen LogP contribution in [0.15, 0.2) is 40.9 Å². The molecule has 1 aliphatic rings. The van der Waals surface area contributed by atoms with Crippen LogP contribution < -0.4 is 10.1 Å². The number of amides is 1. The third-order valence-corrected chi connectivity index (χ3v) is 4.55. The van der Waals surface area contributed by atoms with E-state index in [1.54, 1.807) is 6.92 Å². The first-order chi connectivity index (χ1) is 11.0. The van der Waals surface area contributed by atoms with Crippen LogP contribution in [0.25, 0.3) is 0 Å². The van der Waals surface area contributed by atoms with E-state index in [0.29, 0.717) is 10.2 Å². The maximum Gasteiger partial charge on any atom is 0.265 e. The van der Waals surface area contributed by atoms with Crippen LogP contribution >= 0.6 is 15.9 Å². The average Bonchev–Trinajstić information content (AvgIpc) is 2.97. The molecule has 0 saturated heterocycles. The molecule has 0 spiro atoms. The van der Waals surface area contributed by atoms with Crippen molar-refractivity contribution in [3.63, 3.8) is 0 Å². The van der Waals surface area contributed by atoms with Gasteiger partial charge in [0.1, 0.15) is 11.6 Å². The van der Waals surface area contributed by atoms with Crippen molar-refractivity contribution in [1.82, 2.24) is 0 Å². The monoisotopic (exact) mass is 377 g/mol. The van der Waals surface area contributed by atoms with Gasteiger partial charge in [0.2, 0.25) is 0 Å². The van der Waals surface area contributed by atoms with Crippen molar-refractivity contribution in [2.75, 3.05) is 5.32 Å². The van der Waals surface area contributed by atoms with E-state index in [2.05, 4.69) is 27.3 Å². The standard InChI is InChI=1S/C18H17BrFNO2/c1-11(23-17-8-6-14(20)10-16(17)19)18(22)21-15-7-5-12-3-2-4-13(12)9-15/h5-11H,2-4H2,1H3,(H,21,22). The van der Waals surface area contributed by atoms with Gasteiger partial charge in [-0.25, -0.2) is 4.39 Å². The first-order valence-corrected chi connectivity index (χ1v) is 8.36. The normalized spacial score (nSPS) is 14.2. The van der Waals surface area contributed by atoms with Crippen LogP contribution in [-0.4, -0.2) is 12.0 Å². The van der Waals surface area contributed by atoms with E-state index >= 15 is 0 Å². The van der Waals surface area contributed by atoms with Crippen LogP contribution in [0, 0.1) is 5.82 Å². The molecule has 3 nitrogen and oxygen atoms in total. The quantitative estimate of drug-likeness (QED) is 0.852. The Morgan fingerprint density at radius 1 is 1.22 bits per heavy atom. The zero-order chi connectivity index (χ0) is 16.4. The van der Waals surface area contributed by atoms with Crippen molar-refractivity contribution in [3.05, 3.63) is 57.8 Å². The first kappa shape index (κ1) is 16.0. The molecule has 0 radical (unpaired) electrons. The van der Waals surface area contributed by atoms with Crippen LogP contribution in [0.5, 0.6) is 5.75 Å². The molecule has 0 bridgehead atoms. The average molecular weight is 378 g/mol. The van der Waals surface area contributed by atoms with Crippen molar-refractivity contribution >= 4 is 27.5 Å². The summed E-state index contributed by atoms with van der Waals surface area (Å²) in [6.07, 6.45) is 2.66. The van der Waals surface area contributed by atoms with Crippen LogP contribution in [0.2, 0.25) is 0 Å². The molecule has 1 aliphatic carbocycles. The molecule has 0 fully saturated rings. The zero-order valence-corrected chi connectivity index (χ0v) is 14.3. The highest BCUT2D eigenvalue weighted by Crippen LogP contribution is 2.27. The van der Waals surface area contributed by atoms with Gasteiger partial charge in [-0.1, -0.05) is 6.07 Å². The number of benzene rings is 2. The van der Waals surface area contributed by atoms with Gasteiger partial charge in [-0.15, -0.1) is 0 Å². The summed E-state index contributed by atoms with van der Waals surface area (Å²) in [7, 11) is 0. The molecule has 0 aromatic heterocycles. The van der Waals surface area contributed by atoms with Gasteiger partial charge in [-0.05, 0) is 83.6 Å². The number of anilines is 1. The van der Waals surface area contributed by atoms with E-state index in [1.165, 1.54) is 35.7 Å². The Balaban J connectivity index is 1.65. The molecule has 0 aliphatic heterocycles. The topological polar surface area (TPSA) is 38.3 Å². The summed E-state index contributed by atoms with van der Waals surface area (Å²) in [6.45, 7) is 1.67. The van der Waals surface area contributed by atoms with Gasteiger partial charge in [0.15, 0.2) is 6.10 Å². The van der Waals surface area contributed by atoms with Gasteiger partial charge in [-0.2, -0.15) is 0 Å². The molecule has 2 aromatic carbocycles. The fourth-order valence-corrected chi connectivity index (χ4v) is 3.15. The van der Waals surface area contributed by atoms with E-state index in [-0.39, 0.29) is 11.7 Å². The Bertz CT molecular complexity index is 748. The maximum atomic E-state index is 13.1. The van der Waals surface area contributed by atoms with Gasteiger partial charge in [0.05, 0.1) is 4.47 Å². The number of ether oxygens (including phenoxy) is 1. The number of carbonyl (C=O) groups is 1. The van der Waals surface area contributed by atoms with Crippen molar-refractivity contribution < 1.29 is 13.9 Å². The Morgan fingerprint density at radius 2 is 2.00 bits per heavy atom. The molecule has 1 N–H and O–H groups in total. The molecule has 0 saturated carbocycles. The number of carbonyl (C=O) groups excluding carboxylic acids is 1. The summed E-state index contributed by atoms with van der Waals surface area (Å²) in [5.41, 5.74) is 3.45. The number of aryl methyl sites for hydroxylation is 2. The number of nitrogens with one attached hydrogen (secondary N) is 1. The van der Waals surface area contributed by atoms with Crippen molar-refractivity contribution in [2.24, 2.45) is 0 Å². The van der Waals surface area contributed by atoms with Crippen molar-refractivity contribution in [2.45, 2.75) is 32.3 Å². The SMILES string of the molecule is CC(Oc1ccc(F)cc1Br)C(=O)Nc1ccc2c(c1)CCC2. The molecule has 1 atom stereocenters. The minimum absolute atomic E-state index is 0.237. The third kappa shape index (κ3) is 3.72. The van der Waals surface area contributed by atoms with Crippen LogP contribution in [0.1, 0.15) is 24.5 Å². The van der Waals surface area contributed by atoms with Crippen LogP contribution in [0.3, 0.4) is 0 Å². The van der Waals surface area contributed by atoms with E-state index in [0.717, 1.165) is 18.5 Å². The summed E-state index contributed by atoms with van der Waals surface area (Å²) >= 11 is 3.23. The largest absolute Gasteiger partial charge is 0.480 e. The Kier molecular flexibility index (Phi) is 4.66. The number of rotatable bonds is 4. The second-order valence-electron chi connectivity index (χ2n) is 5.66. The van der Waals surface area contributed by atoms with Gasteiger partial charge >= 0.3 is 0 Å². The molecular weight excluding hydrogens is 361 g/mol. The second-order valence-corrected chi connectivity index (χ2v) is 6.52. The molecule has 2 aromatic rings. The van der Waals surface area contributed by atoms with Crippen molar-refractivity contribution in [1.29, 1.82) is 0 Å². The third-order valence-electron chi connectivity index (χ3n) is 3.93. The van der Waals surface area contributed by atoms with E-state index in [9.17, 15) is 9.18 Å². The predicted octanol–water partition coefficient (Wildman–Crippen LogP) is 4.48. The lowest BCUT2D eigenvalue weighted by Gasteiger charge is -2.16. The number of fused-ring (bicyclic) bond motifs is 1. The molecular formula is C18H17BrFNO2. The number of halogens is 2. The molecule has 120 valence electrons.